The van der Waals surface area contributed by atoms with Crippen molar-refractivity contribution in [1.82, 2.24) is 0 Å². The van der Waals surface area contributed by atoms with E-state index in [0.717, 1.165) is 28.9 Å². The summed E-state index contributed by atoms with van der Waals surface area (Å²) in [6.07, 6.45) is 4.41. The van der Waals surface area contributed by atoms with Crippen LogP contribution < -0.4 is 5.32 Å². The molecule has 0 aromatic heterocycles. The lowest BCUT2D eigenvalue weighted by atomic mass is 9.82. The van der Waals surface area contributed by atoms with Crippen LogP contribution in [0.15, 0.2) is 22.7 Å². The molecule has 1 saturated carbocycles. The fourth-order valence-corrected chi connectivity index (χ4v) is 2.82. The molecule has 1 amide bonds. The predicted octanol–water partition coefficient (Wildman–Crippen LogP) is 4.52. The van der Waals surface area contributed by atoms with E-state index < -0.39 is 0 Å². The molecule has 0 unspecified atom stereocenters. The maximum absolute atomic E-state index is 12.1. The van der Waals surface area contributed by atoms with Gasteiger partial charge in [0.05, 0.1) is 0 Å². The first-order chi connectivity index (χ1) is 8.56. The van der Waals surface area contributed by atoms with Crippen molar-refractivity contribution in [2.45, 2.75) is 39.5 Å². The van der Waals surface area contributed by atoms with Gasteiger partial charge in [-0.05, 0) is 56.2 Å². The van der Waals surface area contributed by atoms with Crippen LogP contribution in [0.4, 0.5) is 5.69 Å². The van der Waals surface area contributed by atoms with Crippen molar-refractivity contribution in [2.75, 3.05) is 5.32 Å². The maximum Gasteiger partial charge on any atom is 0.227 e. The van der Waals surface area contributed by atoms with Crippen LogP contribution in [0.1, 0.15) is 38.2 Å². The molecule has 18 heavy (non-hydrogen) atoms. The van der Waals surface area contributed by atoms with Gasteiger partial charge in [0.2, 0.25) is 5.91 Å². The summed E-state index contributed by atoms with van der Waals surface area (Å²) in [5.74, 6) is 1.15. The summed E-state index contributed by atoms with van der Waals surface area (Å²) in [6.45, 7) is 4.31. The van der Waals surface area contributed by atoms with Gasteiger partial charge in [0.15, 0.2) is 0 Å². The van der Waals surface area contributed by atoms with Gasteiger partial charge in [-0.3, -0.25) is 4.79 Å². The molecule has 0 heterocycles. The van der Waals surface area contributed by atoms with E-state index in [0.29, 0.717) is 0 Å². The number of hydrogen-bond donors (Lipinski definition) is 1. The highest BCUT2D eigenvalue weighted by Gasteiger charge is 2.24. The number of anilines is 1. The third-order valence-corrected chi connectivity index (χ3v) is 4.68. The molecule has 0 saturated heterocycles. The van der Waals surface area contributed by atoms with E-state index in [9.17, 15) is 4.79 Å². The van der Waals surface area contributed by atoms with Crippen LogP contribution in [0.2, 0.25) is 0 Å². The highest BCUT2D eigenvalue weighted by molar-refractivity contribution is 9.10. The Morgan fingerprint density at radius 3 is 2.56 bits per heavy atom. The topological polar surface area (TPSA) is 29.1 Å². The fraction of sp³-hybridized carbons (Fsp3) is 0.533. The lowest BCUT2D eigenvalue weighted by molar-refractivity contribution is -0.121. The molecular formula is C15H20BrNO. The van der Waals surface area contributed by atoms with Gasteiger partial charge in [0, 0.05) is 16.1 Å². The first-order valence-electron chi connectivity index (χ1n) is 6.63. The van der Waals surface area contributed by atoms with Gasteiger partial charge in [-0.25, -0.2) is 0 Å². The number of aryl methyl sites for hydroxylation is 1. The molecule has 1 aromatic rings. The van der Waals surface area contributed by atoms with Crippen molar-refractivity contribution in [3.05, 3.63) is 28.2 Å². The van der Waals surface area contributed by atoms with E-state index >= 15 is 0 Å². The molecule has 0 aliphatic heterocycles. The zero-order chi connectivity index (χ0) is 13.1. The van der Waals surface area contributed by atoms with Crippen molar-refractivity contribution < 1.29 is 4.79 Å². The molecule has 3 heteroatoms. The molecule has 2 nitrogen and oxygen atoms in total. The largest absolute Gasteiger partial charge is 0.326 e. The summed E-state index contributed by atoms with van der Waals surface area (Å²) >= 11 is 3.49. The molecule has 1 aromatic carbocycles. The Morgan fingerprint density at radius 1 is 1.28 bits per heavy atom. The number of amides is 1. The van der Waals surface area contributed by atoms with Crippen molar-refractivity contribution in [2.24, 2.45) is 11.8 Å². The normalized spacial score (nSPS) is 23.7. The Balaban J connectivity index is 1.96. The zero-order valence-corrected chi connectivity index (χ0v) is 12.6. The van der Waals surface area contributed by atoms with Crippen molar-refractivity contribution >= 4 is 27.5 Å². The summed E-state index contributed by atoms with van der Waals surface area (Å²) in [4.78, 5) is 12.1. The van der Waals surface area contributed by atoms with E-state index in [1.807, 2.05) is 25.1 Å². The number of nitrogens with one attached hydrogen (secondary N) is 1. The minimum Gasteiger partial charge on any atom is -0.326 e. The van der Waals surface area contributed by atoms with Crippen LogP contribution >= 0.6 is 15.9 Å². The predicted molar refractivity (Wildman–Crippen MR) is 78.6 cm³/mol. The Morgan fingerprint density at radius 2 is 1.94 bits per heavy atom. The maximum atomic E-state index is 12.1. The summed E-state index contributed by atoms with van der Waals surface area (Å²) in [5, 5.41) is 3.03. The lowest BCUT2D eigenvalue weighted by Gasteiger charge is -2.25. The molecule has 0 atom stereocenters. The third kappa shape index (κ3) is 3.35. The SMILES string of the molecule is Cc1ccc(NC(=O)C2CCC(C)CC2)cc1Br. The number of hydrogen-bond acceptors (Lipinski definition) is 1. The number of benzene rings is 1. The molecule has 2 rings (SSSR count). The second-order valence-electron chi connectivity index (χ2n) is 5.41. The number of carbonyl (C=O) groups is 1. The van der Waals surface area contributed by atoms with Crippen LogP contribution in [0, 0.1) is 18.8 Å². The van der Waals surface area contributed by atoms with Crippen molar-refractivity contribution in [3.8, 4) is 0 Å². The van der Waals surface area contributed by atoms with Gasteiger partial charge in [-0.1, -0.05) is 28.9 Å². The van der Waals surface area contributed by atoms with Gasteiger partial charge in [-0.2, -0.15) is 0 Å². The second-order valence-corrected chi connectivity index (χ2v) is 6.26. The zero-order valence-electron chi connectivity index (χ0n) is 11.0. The average Bonchev–Trinajstić information content (AvgIpc) is 2.34. The van der Waals surface area contributed by atoms with Crippen LogP contribution in [-0.4, -0.2) is 5.91 Å². The standard InChI is InChI=1S/C15H20BrNO/c1-10-3-6-12(7-4-10)15(18)17-13-8-5-11(2)14(16)9-13/h5,8-10,12H,3-4,6-7H2,1-2H3,(H,17,18). The van der Waals surface area contributed by atoms with E-state index in [-0.39, 0.29) is 11.8 Å². The Bertz CT molecular complexity index is 436. The molecule has 98 valence electrons. The highest BCUT2D eigenvalue weighted by Crippen LogP contribution is 2.29. The van der Waals surface area contributed by atoms with Gasteiger partial charge in [-0.15, -0.1) is 0 Å². The monoisotopic (exact) mass is 309 g/mol. The van der Waals surface area contributed by atoms with E-state index in [1.54, 1.807) is 0 Å². The Hall–Kier alpha value is -0.830. The molecule has 1 fully saturated rings. The smallest absolute Gasteiger partial charge is 0.227 e. The molecule has 0 spiro atoms. The fourth-order valence-electron chi connectivity index (χ4n) is 2.44. The first kappa shape index (κ1) is 13.6. The van der Waals surface area contributed by atoms with Gasteiger partial charge < -0.3 is 5.32 Å². The Labute approximate surface area is 117 Å². The molecule has 1 aliphatic carbocycles. The second kappa shape index (κ2) is 5.87. The number of carbonyl (C=O) groups excluding carboxylic acids is 1. The summed E-state index contributed by atoms with van der Waals surface area (Å²) < 4.78 is 1.04. The molecule has 0 radical (unpaired) electrons. The summed E-state index contributed by atoms with van der Waals surface area (Å²) in [6, 6.07) is 5.95. The Kier molecular flexibility index (Phi) is 4.44. The summed E-state index contributed by atoms with van der Waals surface area (Å²) in [5.41, 5.74) is 2.07. The third-order valence-electron chi connectivity index (χ3n) is 3.83. The van der Waals surface area contributed by atoms with Gasteiger partial charge >= 0.3 is 0 Å². The van der Waals surface area contributed by atoms with Crippen LogP contribution in [-0.2, 0) is 4.79 Å². The average molecular weight is 310 g/mol. The minimum atomic E-state index is 0.178. The van der Waals surface area contributed by atoms with Gasteiger partial charge in [0.1, 0.15) is 0 Å². The van der Waals surface area contributed by atoms with Crippen LogP contribution in [0.25, 0.3) is 0 Å². The molecule has 1 aliphatic rings. The van der Waals surface area contributed by atoms with E-state index in [2.05, 4.69) is 28.2 Å². The van der Waals surface area contributed by atoms with Crippen molar-refractivity contribution in [3.63, 3.8) is 0 Å². The molecular weight excluding hydrogens is 290 g/mol. The van der Waals surface area contributed by atoms with Gasteiger partial charge in [0.25, 0.3) is 0 Å². The van der Waals surface area contributed by atoms with Crippen LogP contribution in [0.5, 0.6) is 0 Å². The van der Waals surface area contributed by atoms with E-state index in [4.69, 9.17) is 0 Å². The molecule has 0 bridgehead atoms. The first-order valence-corrected chi connectivity index (χ1v) is 7.42. The van der Waals surface area contributed by atoms with Crippen LogP contribution in [0.3, 0.4) is 0 Å². The minimum absolute atomic E-state index is 0.178. The highest BCUT2D eigenvalue weighted by atomic mass is 79.9. The lowest BCUT2D eigenvalue weighted by Crippen LogP contribution is -2.26. The van der Waals surface area contributed by atoms with E-state index in [1.165, 1.54) is 18.4 Å². The quantitative estimate of drug-likeness (QED) is 0.855. The summed E-state index contributed by atoms with van der Waals surface area (Å²) in [7, 11) is 0. The molecule has 1 N–H and O–H groups in total. The van der Waals surface area contributed by atoms with Crippen molar-refractivity contribution in [1.29, 1.82) is 0 Å². The number of halogens is 1. The number of rotatable bonds is 2.